The van der Waals surface area contributed by atoms with E-state index in [-0.39, 0.29) is 5.91 Å². The number of amides is 1. The molecule has 3 N–H and O–H groups in total. The van der Waals surface area contributed by atoms with Gasteiger partial charge < -0.3 is 20.9 Å². The van der Waals surface area contributed by atoms with E-state index in [1.807, 2.05) is 42.5 Å². The van der Waals surface area contributed by atoms with Gasteiger partial charge in [0.05, 0.1) is 17.6 Å². The number of pyridine rings is 2. The lowest BCUT2D eigenvalue weighted by atomic mass is 10.1. The molecular formula is C24H24N8O. The van der Waals surface area contributed by atoms with Crippen LogP contribution in [0, 0.1) is 0 Å². The molecule has 33 heavy (non-hydrogen) atoms. The summed E-state index contributed by atoms with van der Waals surface area (Å²) in [7, 11) is 0. The van der Waals surface area contributed by atoms with Crippen molar-refractivity contribution in [2.24, 2.45) is 0 Å². The zero-order valence-electron chi connectivity index (χ0n) is 18.2. The van der Waals surface area contributed by atoms with E-state index < -0.39 is 0 Å². The van der Waals surface area contributed by atoms with Crippen molar-refractivity contribution < 1.29 is 4.79 Å². The molecule has 1 aromatic carbocycles. The predicted molar refractivity (Wildman–Crippen MR) is 130 cm³/mol. The Morgan fingerprint density at radius 1 is 1.00 bits per heavy atom. The highest BCUT2D eigenvalue weighted by atomic mass is 16.1. The SMILES string of the molecule is CC(=O)Nc1cccc(-c2nccc3cnc(Nc4ccc(N5CCNCC5)nc4)nc23)c1. The largest absolute Gasteiger partial charge is 0.354 e. The minimum absolute atomic E-state index is 0.122. The molecule has 0 bridgehead atoms. The van der Waals surface area contributed by atoms with Crippen LogP contribution >= 0.6 is 0 Å². The van der Waals surface area contributed by atoms with Crippen molar-refractivity contribution in [2.45, 2.75) is 6.92 Å². The molecule has 1 aliphatic heterocycles. The average molecular weight is 441 g/mol. The molecule has 0 radical (unpaired) electrons. The molecule has 3 aromatic heterocycles. The molecule has 0 aliphatic carbocycles. The number of benzene rings is 1. The number of hydrogen-bond acceptors (Lipinski definition) is 8. The zero-order chi connectivity index (χ0) is 22.6. The number of hydrogen-bond donors (Lipinski definition) is 3. The fourth-order valence-corrected chi connectivity index (χ4v) is 3.85. The topological polar surface area (TPSA) is 108 Å². The van der Waals surface area contributed by atoms with E-state index in [9.17, 15) is 4.79 Å². The summed E-state index contributed by atoms with van der Waals surface area (Å²) < 4.78 is 0. The summed E-state index contributed by atoms with van der Waals surface area (Å²) in [5.41, 5.74) is 3.82. The molecule has 0 saturated carbocycles. The van der Waals surface area contributed by atoms with Gasteiger partial charge in [0.2, 0.25) is 11.9 Å². The molecule has 5 rings (SSSR count). The van der Waals surface area contributed by atoms with Crippen molar-refractivity contribution in [3.05, 3.63) is 61.1 Å². The number of carbonyl (C=O) groups is 1. The number of aromatic nitrogens is 4. The summed E-state index contributed by atoms with van der Waals surface area (Å²) in [4.78, 5) is 32.0. The molecule has 1 aliphatic rings. The van der Waals surface area contributed by atoms with Crippen molar-refractivity contribution in [1.29, 1.82) is 0 Å². The minimum Gasteiger partial charge on any atom is -0.354 e. The third-order valence-electron chi connectivity index (χ3n) is 5.40. The Morgan fingerprint density at radius 3 is 2.67 bits per heavy atom. The average Bonchev–Trinajstić information content (AvgIpc) is 2.84. The van der Waals surface area contributed by atoms with Gasteiger partial charge in [-0.25, -0.2) is 15.0 Å². The van der Waals surface area contributed by atoms with E-state index in [1.54, 1.807) is 18.6 Å². The fraction of sp³-hybridized carbons (Fsp3) is 0.208. The van der Waals surface area contributed by atoms with Crippen molar-refractivity contribution in [3.63, 3.8) is 0 Å². The second-order valence-corrected chi connectivity index (χ2v) is 7.82. The Kier molecular flexibility index (Phi) is 5.77. The minimum atomic E-state index is -0.122. The lowest BCUT2D eigenvalue weighted by molar-refractivity contribution is -0.114. The lowest BCUT2D eigenvalue weighted by Gasteiger charge is -2.28. The Morgan fingerprint density at radius 2 is 1.88 bits per heavy atom. The van der Waals surface area contributed by atoms with Gasteiger partial charge >= 0.3 is 0 Å². The highest BCUT2D eigenvalue weighted by Gasteiger charge is 2.13. The summed E-state index contributed by atoms with van der Waals surface area (Å²) in [5.74, 6) is 1.31. The van der Waals surface area contributed by atoms with Crippen LogP contribution in [0.5, 0.6) is 0 Å². The Bertz CT molecular complexity index is 1290. The highest BCUT2D eigenvalue weighted by molar-refractivity contribution is 5.94. The molecule has 9 nitrogen and oxygen atoms in total. The molecule has 4 aromatic rings. The summed E-state index contributed by atoms with van der Waals surface area (Å²) in [5, 5.41) is 10.3. The van der Waals surface area contributed by atoms with Gasteiger partial charge in [-0.05, 0) is 30.3 Å². The number of nitrogens with zero attached hydrogens (tertiary/aromatic N) is 5. The van der Waals surface area contributed by atoms with Crippen molar-refractivity contribution >= 4 is 40.0 Å². The normalized spacial score (nSPS) is 13.7. The van der Waals surface area contributed by atoms with Crippen molar-refractivity contribution in [2.75, 3.05) is 41.7 Å². The van der Waals surface area contributed by atoms with E-state index in [0.717, 1.165) is 59.8 Å². The lowest BCUT2D eigenvalue weighted by Crippen LogP contribution is -2.43. The third-order valence-corrected chi connectivity index (χ3v) is 5.40. The Balaban J connectivity index is 1.42. The molecule has 0 unspecified atom stereocenters. The van der Waals surface area contributed by atoms with E-state index in [2.05, 4.69) is 35.8 Å². The second kappa shape index (κ2) is 9.17. The molecule has 4 heterocycles. The van der Waals surface area contributed by atoms with Crippen molar-refractivity contribution in [1.82, 2.24) is 25.3 Å². The number of fused-ring (bicyclic) bond motifs is 1. The van der Waals surface area contributed by atoms with Gasteiger partial charge in [-0.3, -0.25) is 9.78 Å². The van der Waals surface area contributed by atoms with Crippen LogP contribution < -0.4 is 20.9 Å². The molecule has 0 atom stereocenters. The van der Waals surface area contributed by atoms with Crippen LogP contribution in [0.3, 0.4) is 0 Å². The molecule has 9 heteroatoms. The number of nitrogens with one attached hydrogen (secondary N) is 3. The van der Waals surface area contributed by atoms with Crippen LogP contribution in [-0.4, -0.2) is 52.0 Å². The summed E-state index contributed by atoms with van der Waals surface area (Å²) in [6.07, 6.45) is 5.31. The molecular weight excluding hydrogens is 416 g/mol. The standard InChI is InChI=1S/C24H24N8O/c1-16(33)29-19-4-2-3-17(13-19)22-23-18(7-8-26-22)14-28-24(31-23)30-20-5-6-21(27-15-20)32-11-9-25-10-12-32/h2-8,13-15,25H,9-12H2,1H3,(H,29,33)(H,28,30,31). The number of piperazine rings is 1. The van der Waals surface area contributed by atoms with Gasteiger partial charge in [0.1, 0.15) is 11.3 Å². The molecule has 1 fully saturated rings. The molecule has 1 saturated heterocycles. The van der Waals surface area contributed by atoms with Crippen LogP contribution in [0.15, 0.2) is 61.1 Å². The Labute approximate surface area is 191 Å². The van der Waals surface area contributed by atoms with Crippen LogP contribution in [0.2, 0.25) is 0 Å². The Hall–Kier alpha value is -4.11. The highest BCUT2D eigenvalue weighted by Crippen LogP contribution is 2.28. The predicted octanol–water partition coefficient (Wildman–Crippen LogP) is 3.20. The molecule has 1 amide bonds. The van der Waals surface area contributed by atoms with Crippen LogP contribution in [-0.2, 0) is 4.79 Å². The van der Waals surface area contributed by atoms with Gasteiger partial charge in [0.25, 0.3) is 0 Å². The van der Waals surface area contributed by atoms with E-state index in [4.69, 9.17) is 4.98 Å². The number of carbonyl (C=O) groups excluding carboxylic acids is 1. The van der Waals surface area contributed by atoms with Crippen LogP contribution in [0.4, 0.5) is 23.1 Å². The maximum absolute atomic E-state index is 11.4. The first-order valence-electron chi connectivity index (χ1n) is 10.8. The maximum atomic E-state index is 11.4. The van der Waals surface area contributed by atoms with Crippen LogP contribution in [0.25, 0.3) is 22.2 Å². The first-order valence-corrected chi connectivity index (χ1v) is 10.8. The van der Waals surface area contributed by atoms with E-state index in [1.165, 1.54) is 6.92 Å². The van der Waals surface area contributed by atoms with Gasteiger partial charge in [-0.2, -0.15) is 0 Å². The van der Waals surface area contributed by atoms with E-state index in [0.29, 0.717) is 11.6 Å². The van der Waals surface area contributed by atoms with Crippen molar-refractivity contribution in [3.8, 4) is 11.3 Å². The van der Waals surface area contributed by atoms with Crippen LogP contribution in [0.1, 0.15) is 6.92 Å². The van der Waals surface area contributed by atoms with E-state index >= 15 is 0 Å². The maximum Gasteiger partial charge on any atom is 0.227 e. The summed E-state index contributed by atoms with van der Waals surface area (Å²) in [6.45, 7) is 5.32. The quantitative estimate of drug-likeness (QED) is 0.434. The first-order chi connectivity index (χ1) is 16.2. The number of anilines is 4. The number of rotatable bonds is 5. The van der Waals surface area contributed by atoms with Gasteiger partial charge in [0.15, 0.2) is 0 Å². The van der Waals surface area contributed by atoms with Gasteiger partial charge in [-0.1, -0.05) is 12.1 Å². The zero-order valence-corrected chi connectivity index (χ0v) is 18.2. The molecule has 166 valence electrons. The fourth-order valence-electron chi connectivity index (χ4n) is 3.85. The monoisotopic (exact) mass is 440 g/mol. The smallest absolute Gasteiger partial charge is 0.227 e. The first kappa shape index (κ1) is 20.8. The second-order valence-electron chi connectivity index (χ2n) is 7.82. The summed E-state index contributed by atoms with van der Waals surface area (Å²) >= 11 is 0. The summed E-state index contributed by atoms with van der Waals surface area (Å²) in [6, 6.07) is 13.4. The van der Waals surface area contributed by atoms with Gasteiger partial charge in [-0.15, -0.1) is 0 Å². The van der Waals surface area contributed by atoms with Gasteiger partial charge in [0, 0.05) is 62.1 Å². The third kappa shape index (κ3) is 4.73. The molecule has 0 spiro atoms.